The second kappa shape index (κ2) is 6.01. The van der Waals surface area contributed by atoms with E-state index in [1.54, 1.807) is 6.07 Å². The number of hydrogen-bond donors (Lipinski definition) is 0. The minimum Gasteiger partial charge on any atom is -0.487 e. The van der Waals surface area contributed by atoms with E-state index in [0.717, 1.165) is 44.1 Å². The molecule has 1 aromatic heterocycles. The molecule has 0 N–H and O–H groups in total. The van der Waals surface area contributed by atoms with Gasteiger partial charge in [0.2, 0.25) is 0 Å². The average Bonchev–Trinajstić information content (AvgIpc) is 2.89. The number of alkyl halides is 3. The first-order valence-corrected chi connectivity index (χ1v) is 9.83. The lowest BCUT2D eigenvalue weighted by molar-refractivity contribution is -0.139. The molecule has 5 rings (SSSR count). The molecule has 0 radical (unpaired) electrons. The van der Waals surface area contributed by atoms with E-state index >= 15 is 0 Å². The molecule has 27 heavy (non-hydrogen) atoms. The third-order valence-corrected chi connectivity index (χ3v) is 6.77. The van der Waals surface area contributed by atoms with Crippen LogP contribution in [0, 0.1) is 5.41 Å². The standard InChI is InChI=1S/C21H23F3N2O/c22-21(23,24)18-16-13-27-17-7-2-1-5-15(17)12-26(16)25-19(18)14-6-3-8-20(11-14)9-4-10-20/h1-2,5,7,14H,3-4,6,8-13H2. The van der Waals surface area contributed by atoms with Crippen molar-refractivity contribution >= 4 is 0 Å². The van der Waals surface area contributed by atoms with Gasteiger partial charge < -0.3 is 4.74 Å². The Hall–Kier alpha value is -1.98. The number of fused-ring (bicyclic) bond motifs is 2. The summed E-state index contributed by atoms with van der Waals surface area (Å²) in [7, 11) is 0. The van der Waals surface area contributed by atoms with Crippen LogP contribution >= 0.6 is 0 Å². The fourth-order valence-electron chi connectivity index (χ4n) is 5.29. The zero-order valence-corrected chi connectivity index (χ0v) is 15.2. The first-order valence-electron chi connectivity index (χ1n) is 9.83. The molecule has 2 aliphatic carbocycles. The summed E-state index contributed by atoms with van der Waals surface area (Å²) in [5, 5.41) is 4.54. The minimum atomic E-state index is -4.41. The Morgan fingerprint density at radius 2 is 1.89 bits per heavy atom. The first-order chi connectivity index (χ1) is 13.0. The van der Waals surface area contributed by atoms with Gasteiger partial charge in [-0.2, -0.15) is 18.3 Å². The fraction of sp³-hybridized carbons (Fsp3) is 0.571. The van der Waals surface area contributed by atoms with Gasteiger partial charge in [-0.25, -0.2) is 0 Å². The highest BCUT2D eigenvalue weighted by atomic mass is 19.4. The van der Waals surface area contributed by atoms with E-state index in [1.807, 2.05) is 18.2 Å². The molecule has 1 aliphatic heterocycles. The normalized spacial score (nSPS) is 23.7. The highest BCUT2D eigenvalue weighted by Crippen LogP contribution is 2.56. The molecule has 144 valence electrons. The summed E-state index contributed by atoms with van der Waals surface area (Å²) in [5.41, 5.74) is 1.03. The van der Waals surface area contributed by atoms with Crippen LogP contribution in [0.1, 0.15) is 73.4 Å². The zero-order valence-electron chi connectivity index (χ0n) is 15.2. The van der Waals surface area contributed by atoms with Crippen molar-refractivity contribution in [2.45, 2.75) is 70.2 Å². The van der Waals surface area contributed by atoms with Gasteiger partial charge in [0.25, 0.3) is 0 Å². The molecule has 1 unspecified atom stereocenters. The quantitative estimate of drug-likeness (QED) is 0.641. The Bertz CT molecular complexity index is 867. The molecule has 0 bridgehead atoms. The summed E-state index contributed by atoms with van der Waals surface area (Å²) in [5.74, 6) is 0.550. The lowest BCUT2D eigenvalue weighted by atomic mass is 9.58. The third-order valence-electron chi connectivity index (χ3n) is 6.77. The van der Waals surface area contributed by atoms with Crippen LogP contribution < -0.4 is 4.74 Å². The number of ether oxygens (including phenoxy) is 1. The van der Waals surface area contributed by atoms with Crippen molar-refractivity contribution in [3.05, 3.63) is 46.8 Å². The maximum atomic E-state index is 14.1. The van der Waals surface area contributed by atoms with E-state index in [-0.39, 0.29) is 29.3 Å². The number of para-hydroxylation sites is 1. The summed E-state index contributed by atoms with van der Waals surface area (Å²) in [6.45, 7) is 0.239. The fourth-order valence-corrected chi connectivity index (χ4v) is 5.29. The maximum Gasteiger partial charge on any atom is 0.420 e. The molecule has 2 saturated carbocycles. The smallest absolute Gasteiger partial charge is 0.420 e. The summed E-state index contributed by atoms with van der Waals surface area (Å²) >= 11 is 0. The summed E-state index contributed by atoms with van der Waals surface area (Å²) in [6, 6.07) is 7.41. The van der Waals surface area contributed by atoms with Gasteiger partial charge in [0.05, 0.1) is 17.9 Å². The van der Waals surface area contributed by atoms with Crippen LogP contribution in [-0.2, 0) is 19.3 Å². The van der Waals surface area contributed by atoms with E-state index in [4.69, 9.17) is 4.74 Å². The van der Waals surface area contributed by atoms with E-state index in [1.165, 1.54) is 11.1 Å². The van der Waals surface area contributed by atoms with Crippen LogP contribution in [0.5, 0.6) is 5.75 Å². The summed E-state index contributed by atoms with van der Waals surface area (Å²) in [6.07, 6.45) is 2.95. The molecular weight excluding hydrogens is 353 g/mol. The number of nitrogens with zero attached hydrogens (tertiary/aromatic N) is 2. The molecule has 0 saturated heterocycles. The molecular formula is C21H23F3N2O. The van der Waals surface area contributed by atoms with Crippen molar-refractivity contribution < 1.29 is 17.9 Å². The van der Waals surface area contributed by atoms with Gasteiger partial charge in [0.15, 0.2) is 0 Å². The molecule has 3 nitrogen and oxygen atoms in total. The van der Waals surface area contributed by atoms with Crippen molar-refractivity contribution in [1.29, 1.82) is 0 Å². The van der Waals surface area contributed by atoms with Crippen LogP contribution in [0.3, 0.4) is 0 Å². The Kier molecular flexibility index (Phi) is 3.82. The molecule has 1 atom stereocenters. The van der Waals surface area contributed by atoms with E-state index in [2.05, 4.69) is 5.10 Å². The van der Waals surface area contributed by atoms with Gasteiger partial charge in [-0.1, -0.05) is 31.0 Å². The van der Waals surface area contributed by atoms with E-state index in [0.29, 0.717) is 12.3 Å². The highest BCUT2D eigenvalue weighted by Gasteiger charge is 2.47. The highest BCUT2D eigenvalue weighted by molar-refractivity contribution is 5.39. The predicted molar refractivity (Wildman–Crippen MR) is 94.6 cm³/mol. The molecule has 6 heteroatoms. The summed E-state index contributed by atoms with van der Waals surface area (Å²) < 4.78 is 49.5. The molecule has 2 heterocycles. The molecule has 2 fully saturated rings. The number of hydrogen-bond acceptors (Lipinski definition) is 2. The SMILES string of the molecule is FC(F)(F)c1c(C2CCCC3(CCC3)C2)nn2c1COc1ccccc1C2. The zero-order chi connectivity index (χ0) is 18.6. The van der Waals surface area contributed by atoms with Crippen LogP contribution in [0.4, 0.5) is 13.2 Å². The second-order valence-corrected chi connectivity index (χ2v) is 8.41. The number of benzene rings is 1. The third kappa shape index (κ3) is 2.84. The van der Waals surface area contributed by atoms with E-state index < -0.39 is 11.7 Å². The van der Waals surface area contributed by atoms with Gasteiger partial charge in [0.1, 0.15) is 17.9 Å². The van der Waals surface area contributed by atoms with Gasteiger partial charge in [-0.3, -0.25) is 4.68 Å². The Balaban J connectivity index is 1.57. The summed E-state index contributed by atoms with van der Waals surface area (Å²) in [4.78, 5) is 0. The van der Waals surface area contributed by atoms with Crippen molar-refractivity contribution in [1.82, 2.24) is 9.78 Å². The van der Waals surface area contributed by atoms with Crippen LogP contribution in [-0.4, -0.2) is 9.78 Å². The Labute approximate surface area is 156 Å². The van der Waals surface area contributed by atoms with Crippen molar-refractivity contribution in [3.8, 4) is 5.75 Å². The lowest BCUT2D eigenvalue weighted by Crippen LogP contribution is -2.34. The lowest BCUT2D eigenvalue weighted by Gasteiger charge is -2.47. The first kappa shape index (κ1) is 17.1. The van der Waals surface area contributed by atoms with Gasteiger partial charge in [-0.05, 0) is 43.6 Å². The van der Waals surface area contributed by atoms with Crippen molar-refractivity contribution in [2.24, 2.45) is 5.41 Å². The predicted octanol–water partition coefficient (Wildman–Crippen LogP) is 5.67. The van der Waals surface area contributed by atoms with Crippen molar-refractivity contribution in [2.75, 3.05) is 0 Å². The van der Waals surface area contributed by atoms with Crippen LogP contribution in [0.2, 0.25) is 0 Å². The van der Waals surface area contributed by atoms with E-state index in [9.17, 15) is 13.2 Å². The number of aromatic nitrogens is 2. The van der Waals surface area contributed by atoms with Gasteiger partial charge >= 0.3 is 6.18 Å². The van der Waals surface area contributed by atoms with Gasteiger partial charge in [0, 0.05) is 11.5 Å². The molecule has 0 amide bonds. The molecule has 1 spiro atoms. The maximum absolute atomic E-state index is 14.1. The minimum absolute atomic E-state index is 0.0866. The molecule has 2 aromatic rings. The second-order valence-electron chi connectivity index (χ2n) is 8.41. The number of halogens is 3. The van der Waals surface area contributed by atoms with Crippen molar-refractivity contribution in [3.63, 3.8) is 0 Å². The van der Waals surface area contributed by atoms with Crippen LogP contribution in [0.25, 0.3) is 0 Å². The topological polar surface area (TPSA) is 27.1 Å². The Morgan fingerprint density at radius 1 is 1.11 bits per heavy atom. The number of rotatable bonds is 1. The average molecular weight is 376 g/mol. The molecule has 3 aliphatic rings. The van der Waals surface area contributed by atoms with Gasteiger partial charge in [-0.15, -0.1) is 0 Å². The Morgan fingerprint density at radius 3 is 2.63 bits per heavy atom. The largest absolute Gasteiger partial charge is 0.487 e. The monoisotopic (exact) mass is 376 g/mol. The molecule has 1 aromatic carbocycles. The van der Waals surface area contributed by atoms with Crippen LogP contribution in [0.15, 0.2) is 24.3 Å².